The van der Waals surface area contributed by atoms with E-state index < -0.39 is 12.7 Å². The Balaban J connectivity index is 2.69. The maximum atomic E-state index is 11.6. The van der Waals surface area contributed by atoms with Crippen molar-refractivity contribution in [1.82, 2.24) is 0 Å². The van der Waals surface area contributed by atoms with E-state index in [4.69, 9.17) is 29.8 Å². The van der Waals surface area contributed by atoms with Gasteiger partial charge in [-0.3, -0.25) is 9.05 Å². The van der Waals surface area contributed by atoms with Gasteiger partial charge < -0.3 is 8.94 Å². The molecule has 0 aliphatic carbocycles. The zero-order valence-electron chi connectivity index (χ0n) is 9.04. The van der Waals surface area contributed by atoms with Crippen LogP contribution in [0.2, 0.25) is 0 Å². The molecule has 5 nitrogen and oxygen atoms in total. The highest BCUT2D eigenvalue weighted by atomic mass is 32.5. The van der Waals surface area contributed by atoms with Gasteiger partial charge >= 0.3 is 12.7 Å². The normalized spacial score (nSPS) is 11.4. The van der Waals surface area contributed by atoms with Gasteiger partial charge in [-0.2, -0.15) is 0 Å². The molecule has 0 fully saturated rings. The van der Waals surface area contributed by atoms with E-state index in [1.54, 1.807) is 19.9 Å². The van der Waals surface area contributed by atoms with Crippen LogP contribution < -0.4 is 0 Å². The Kier molecular flexibility index (Phi) is 5.15. The first-order chi connectivity index (χ1) is 7.61. The lowest BCUT2D eigenvalue weighted by Crippen LogP contribution is -2.06. The lowest BCUT2D eigenvalue weighted by molar-refractivity contribution is 0.0638. The second-order valence-electron chi connectivity index (χ2n) is 2.64. The molecule has 7 heteroatoms. The molecule has 0 saturated heterocycles. The van der Waals surface area contributed by atoms with E-state index in [9.17, 15) is 4.79 Å². The third-order valence-corrected chi connectivity index (χ3v) is 3.89. The van der Waals surface area contributed by atoms with Gasteiger partial charge in [0.25, 0.3) is 0 Å². The number of carbonyl (C=O) groups is 1. The van der Waals surface area contributed by atoms with Crippen LogP contribution in [0.3, 0.4) is 0 Å². The SMILES string of the molecule is CCOP(=S)(OCC)OC(=O)c1ccco1. The summed E-state index contributed by atoms with van der Waals surface area (Å²) in [6, 6.07) is 3.07. The Bertz CT molecular complexity index is 365. The summed E-state index contributed by atoms with van der Waals surface area (Å²) in [5, 5.41) is 0. The maximum absolute atomic E-state index is 11.6. The molecule has 0 saturated carbocycles. The zero-order valence-corrected chi connectivity index (χ0v) is 10.8. The number of rotatable bonds is 6. The summed E-state index contributed by atoms with van der Waals surface area (Å²) in [6.07, 6.45) is 1.38. The molecule has 1 heterocycles. The van der Waals surface area contributed by atoms with Gasteiger partial charge in [0.1, 0.15) is 0 Å². The molecule has 0 bridgehead atoms. The minimum atomic E-state index is -2.99. The molecule has 0 aromatic carbocycles. The molecule has 0 radical (unpaired) electrons. The molecule has 90 valence electrons. The standard InChI is InChI=1S/C9H13O5PS/c1-3-12-15(16,13-4-2)14-9(10)8-6-5-7-11-8/h5-7H,3-4H2,1-2H3. The molecular weight excluding hydrogens is 251 g/mol. The lowest BCUT2D eigenvalue weighted by Gasteiger charge is -2.18. The summed E-state index contributed by atoms with van der Waals surface area (Å²) < 4.78 is 20.2. The highest BCUT2D eigenvalue weighted by Crippen LogP contribution is 2.50. The molecule has 0 amide bonds. The van der Waals surface area contributed by atoms with Crippen LogP contribution in [0.5, 0.6) is 0 Å². The summed E-state index contributed by atoms with van der Waals surface area (Å²) in [7, 11) is 0. The van der Waals surface area contributed by atoms with Crippen molar-refractivity contribution in [2.45, 2.75) is 13.8 Å². The first kappa shape index (κ1) is 13.4. The Morgan fingerprint density at radius 3 is 2.50 bits per heavy atom. The summed E-state index contributed by atoms with van der Waals surface area (Å²) in [5.41, 5.74) is 0. The molecule has 1 rings (SSSR count). The van der Waals surface area contributed by atoms with Gasteiger partial charge in [0.05, 0.1) is 19.5 Å². The van der Waals surface area contributed by atoms with Crippen molar-refractivity contribution < 1.29 is 22.8 Å². The monoisotopic (exact) mass is 264 g/mol. The van der Waals surface area contributed by atoms with Gasteiger partial charge in [-0.25, -0.2) is 4.79 Å². The largest absolute Gasteiger partial charge is 0.457 e. The fourth-order valence-electron chi connectivity index (χ4n) is 0.947. The van der Waals surface area contributed by atoms with E-state index in [1.807, 2.05) is 0 Å². The Morgan fingerprint density at radius 1 is 1.44 bits per heavy atom. The average molecular weight is 264 g/mol. The van der Waals surface area contributed by atoms with E-state index in [-0.39, 0.29) is 5.76 Å². The molecule has 1 aromatic rings. The van der Waals surface area contributed by atoms with Crippen LogP contribution in [0, 0.1) is 0 Å². The van der Waals surface area contributed by atoms with Crippen molar-refractivity contribution in [2.24, 2.45) is 0 Å². The highest BCUT2D eigenvalue weighted by Gasteiger charge is 2.26. The van der Waals surface area contributed by atoms with Gasteiger partial charge in [-0.15, -0.1) is 0 Å². The first-order valence-electron chi connectivity index (χ1n) is 4.78. The van der Waals surface area contributed by atoms with Crippen molar-refractivity contribution in [3.05, 3.63) is 24.2 Å². The van der Waals surface area contributed by atoms with Gasteiger partial charge in [-0.1, -0.05) is 0 Å². The van der Waals surface area contributed by atoms with Crippen LogP contribution >= 0.6 is 6.72 Å². The highest BCUT2D eigenvalue weighted by molar-refractivity contribution is 8.07. The van der Waals surface area contributed by atoms with Gasteiger partial charge in [0.2, 0.25) is 5.76 Å². The minimum absolute atomic E-state index is 0.0774. The van der Waals surface area contributed by atoms with Crippen LogP contribution in [-0.2, 0) is 25.4 Å². The fourth-order valence-corrected chi connectivity index (χ4v) is 2.89. The van der Waals surface area contributed by atoms with E-state index in [1.165, 1.54) is 12.3 Å². The number of hydrogen-bond donors (Lipinski definition) is 0. The number of carbonyl (C=O) groups excluding carboxylic acids is 1. The molecule has 16 heavy (non-hydrogen) atoms. The second-order valence-corrected chi connectivity index (χ2v) is 5.57. The molecule has 1 aromatic heterocycles. The Hall–Kier alpha value is -0.680. The average Bonchev–Trinajstić information content (AvgIpc) is 2.70. The van der Waals surface area contributed by atoms with Crippen LogP contribution in [0.4, 0.5) is 0 Å². The summed E-state index contributed by atoms with van der Waals surface area (Å²) in [5.74, 6) is -0.594. The predicted molar refractivity (Wildman–Crippen MR) is 61.7 cm³/mol. The quantitative estimate of drug-likeness (QED) is 0.736. The number of furan rings is 1. The summed E-state index contributed by atoms with van der Waals surface area (Å²) in [6.45, 7) is 1.15. The Labute approximate surface area is 98.9 Å². The second kappa shape index (κ2) is 6.15. The van der Waals surface area contributed by atoms with Crippen molar-refractivity contribution in [1.29, 1.82) is 0 Å². The van der Waals surface area contributed by atoms with Crippen molar-refractivity contribution in [3.8, 4) is 0 Å². The maximum Gasteiger partial charge on any atom is 0.383 e. The van der Waals surface area contributed by atoms with E-state index in [0.29, 0.717) is 13.2 Å². The molecule has 0 atom stereocenters. The van der Waals surface area contributed by atoms with Gasteiger partial charge in [0, 0.05) is 11.8 Å². The molecule has 0 spiro atoms. The fraction of sp³-hybridized carbons (Fsp3) is 0.444. The van der Waals surface area contributed by atoms with Crippen molar-refractivity contribution in [3.63, 3.8) is 0 Å². The zero-order chi connectivity index (χ0) is 12.0. The molecule has 0 aliphatic rings. The van der Waals surface area contributed by atoms with Crippen molar-refractivity contribution >= 4 is 24.5 Å². The lowest BCUT2D eigenvalue weighted by atomic mass is 10.5. The van der Waals surface area contributed by atoms with E-state index in [2.05, 4.69) is 0 Å². The summed E-state index contributed by atoms with van der Waals surface area (Å²) in [4.78, 5) is 11.6. The van der Waals surface area contributed by atoms with E-state index in [0.717, 1.165) is 0 Å². The first-order valence-corrected chi connectivity index (χ1v) is 7.33. The molecule has 0 unspecified atom stereocenters. The molecule has 0 aliphatic heterocycles. The summed E-state index contributed by atoms with van der Waals surface area (Å²) >= 11 is 5.03. The predicted octanol–water partition coefficient (Wildman–Crippen LogP) is 2.73. The van der Waals surface area contributed by atoms with Crippen LogP contribution in [0.15, 0.2) is 22.8 Å². The molecule has 0 N–H and O–H groups in total. The van der Waals surface area contributed by atoms with Crippen LogP contribution in [0.1, 0.15) is 24.4 Å². The third kappa shape index (κ3) is 3.72. The molecular formula is C9H13O5PS. The Morgan fingerprint density at radius 2 is 2.06 bits per heavy atom. The third-order valence-electron chi connectivity index (χ3n) is 1.49. The van der Waals surface area contributed by atoms with Crippen molar-refractivity contribution in [2.75, 3.05) is 13.2 Å². The topological polar surface area (TPSA) is 57.9 Å². The van der Waals surface area contributed by atoms with E-state index >= 15 is 0 Å². The van der Waals surface area contributed by atoms with Gasteiger partial charge in [0.15, 0.2) is 0 Å². The minimum Gasteiger partial charge on any atom is -0.457 e. The van der Waals surface area contributed by atoms with Crippen LogP contribution in [0.25, 0.3) is 0 Å². The van der Waals surface area contributed by atoms with Gasteiger partial charge in [-0.05, 0) is 26.0 Å². The van der Waals surface area contributed by atoms with Crippen LogP contribution in [-0.4, -0.2) is 19.2 Å². The smallest absolute Gasteiger partial charge is 0.383 e. The number of hydrogen-bond acceptors (Lipinski definition) is 6.